The van der Waals surface area contributed by atoms with Gasteiger partial charge in [-0.3, -0.25) is 4.79 Å². The molecule has 3 nitrogen and oxygen atoms in total. The topological polar surface area (TPSA) is 41.1 Å². The lowest BCUT2D eigenvalue weighted by Gasteiger charge is -2.13. The third-order valence-corrected chi connectivity index (χ3v) is 2.83. The van der Waals surface area contributed by atoms with Gasteiger partial charge in [-0.05, 0) is 13.0 Å². The van der Waals surface area contributed by atoms with Gasteiger partial charge in [0.05, 0.1) is 0 Å². The SMILES string of the molecule is O=C(N[C@H]1CCNC1)c1c(F)c(F)c(F)c(F)c1F. The highest BCUT2D eigenvalue weighted by Crippen LogP contribution is 2.23. The van der Waals surface area contributed by atoms with Crippen LogP contribution in [0.25, 0.3) is 0 Å². The Morgan fingerprint density at radius 2 is 1.53 bits per heavy atom. The number of rotatable bonds is 2. The maximum atomic E-state index is 13.3. The second-order valence-electron chi connectivity index (χ2n) is 4.11. The highest BCUT2D eigenvalue weighted by Gasteiger charge is 2.30. The summed E-state index contributed by atoms with van der Waals surface area (Å²) in [6.07, 6.45) is 0.515. The molecule has 1 atom stereocenters. The highest BCUT2D eigenvalue weighted by atomic mass is 19.2. The van der Waals surface area contributed by atoms with Crippen LogP contribution in [0, 0.1) is 29.1 Å². The van der Waals surface area contributed by atoms with E-state index in [1.807, 2.05) is 0 Å². The van der Waals surface area contributed by atoms with Crippen LogP contribution in [0.5, 0.6) is 0 Å². The third-order valence-electron chi connectivity index (χ3n) is 2.83. The summed E-state index contributed by atoms with van der Waals surface area (Å²) in [5, 5.41) is 5.09. The number of amides is 1. The summed E-state index contributed by atoms with van der Waals surface area (Å²) in [6, 6.07) is -0.400. The van der Waals surface area contributed by atoms with Crippen molar-refractivity contribution in [3.8, 4) is 0 Å². The fourth-order valence-electron chi connectivity index (χ4n) is 1.84. The number of carbonyl (C=O) groups is 1. The number of nitrogens with one attached hydrogen (secondary N) is 2. The molecule has 1 fully saturated rings. The summed E-state index contributed by atoms with van der Waals surface area (Å²) in [6.45, 7) is 0.975. The van der Waals surface area contributed by atoms with E-state index in [0.29, 0.717) is 19.5 Å². The van der Waals surface area contributed by atoms with Crippen LogP contribution < -0.4 is 10.6 Å². The largest absolute Gasteiger partial charge is 0.348 e. The van der Waals surface area contributed by atoms with Gasteiger partial charge in [-0.2, -0.15) is 0 Å². The van der Waals surface area contributed by atoms with Crippen LogP contribution in [-0.2, 0) is 0 Å². The molecule has 2 rings (SSSR count). The van der Waals surface area contributed by atoms with Gasteiger partial charge < -0.3 is 10.6 Å². The van der Waals surface area contributed by atoms with Crippen molar-refractivity contribution >= 4 is 5.91 Å². The van der Waals surface area contributed by atoms with E-state index >= 15 is 0 Å². The Labute approximate surface area is 104 Å². The second kappa shape index (κ2) is 5.12. The lowest BCUT2D eigenvalue weighted by atomic mass is 10.1. The average Bonchev–Trinajstić information content (AvgIpc) is 2.87. The van der Waals surface area contributed by atoms with Crippen LogP contribution in [0.3, 0.4) is 0 Å². The number of halogens is 5. The quantitative estimate of drug-likeness (QED) is 0.489. The van der Waals surface area contributed by atoms with Crippen molar-refractivity contribution < 1.29 is 26.7 Å². The number of benzene rings is 1. The number of hydrogen-bond donors (Lipinski definition) is 2. The van der Waals surface area contributed by atoms with Crippen LogP contribution in [0.2, 0.25) is 0 Å². The average molecular weight is 280 g/mol. The molecule has 0 radical (unpaired) electrons. The standard InChI is InChI=1S/C11H9F5N2O/c12-6-5(7(13)9(15)10(16)8(6)14)11(19)18-4-1-2-17-3-4/h4,17H,1-3H2,(H,18,19)/t4-/m0/s1. The van der Waals surface area contributed by atoms with Gasteiger partial charge in [-0.15, -0.1) is 0 Å². The lowest BCUT2D eigenvalue weighted by molar-refractivity contribution is 0.0928. The van der Waals surface area contributed by atoms with Gasteiger partial charge in [0.15, 0.2) is 23.3 Å². The molecule has 104 valence electrons. The molecule has 0 spiro atoms. The molecule has 0 aliphatic carbocycles. The van der Waals surface area contributed by atoms with E-state index in [9.17, 15) is 26.7 Å². The number of hydrogen-bond acceptors (Lipinski definition) is 2. The van der Waals surface area contributed by atoms with Crippen molar-refractivity contribution in [1.29, 1.82) is 0 Å². The van der Waals surface area contributed by atoms with Crippen LogP contribution in [-0.4, -0.2) is 25.0 Å². The summed E-state index contributed by atoms with van der Waals surface area (Å²) >= 11 is 0. The minimum absolute atomic E-state index is 0.376. The van der Waals surface area contributed by atoms with Gasteiger partial charge in [0.2, 0.25) is 5.82 Å². The van der Waals surface area contributed by atoms with E-state index in [2.05, 4.69) is 10.6 Å². The predicted octanol–water partition coefficient (Wildman–Crippen LogP) is 1.47. The van der Waals surface area contributed by atoms with Gasteiger partial charge in [0.25, 0.3) is 5.91 Å². The molecule has 19 heavy (non-hydrogen) atoms. The van der Waals surface area contributed by atoms with E-state index in [1.54, 1.807) is 0 Å². The molecular formula is C11H9F5N2O. The Morgan fingerprint density at radius 3 is 2.00 bits per heavy atom. The van der Waals surface area contributed by atoms with Crippen LogP contribution in [0.4, 0.5) is 22.0 Å². The second-order valence-corrected chi connectivity index (χ2v) is 4.11. The molecule has 0 aromatic heterocycles. The predicted molar refractivity (Wildman–Crippen MR) is 55.0 cm³/mol. The molecule has 1 aliphatic rings. The Balaban J connectivity index is 2.36. The lowest BCUT2D eigenvalue weighted by Crippen LogP contribution is -2.37. The van der Waals surface area contributed by atoms with Crippen molar-refractivity contribution in [3.63, 3.8) is 0 Å². The first-order valence-corrected chi connectivity index (χ1v) is 5.46. The molecule has 1 aliphatic heterocycles. The van der Waals surface area contributed by atoms with Crippen molar-refractivity contribution in [1.82, 2.24) is 10.6 Å². The summed E-state index contributed by atoms with van der Waals surface area (Å²) in [5.74, 6) is -12.1. The zero-order chi connectivity index (χ0) is 14.2. The Kier molecular flexibility index (Phi) is 3.70. The smallest absolute Gasteiger partial charge is 0.257 e. The summed E-state index contributed by atoms with van der Waals surface area (Å²) in [7, 11) is 0. The summed E-state index contributed by atoms with van der Waals surface area (Å²) in [5.41, 5.74) is -1.46. The molecule has 1 saturated heterocycles. The molecule has 0 unspecified atom stereocenters. The summed E-state index contributed by atoms with van der Waals surface area (Å²) in [4.78, 5) is 11.6. The van der Waals surface area contributed by atoms with Gasteiger partial charge in [-0.1, -0.05) is 0 Å². The Hall–Kier alpha value is -1.70. The van der Waals surface area contributed by atoms with Crippen molar-refractivity contribution in [3.05, 3.63) is 34.6 Å². The van der Waals surface area contributed by atoms with E-state index in [1.165, 1.54) is 0 Å². The monoisotopic (exact) mass is 280 g/mol. The zero-order valence-electron chi connectivity index (χ0n) is 9.50. The minimum atomic E-state index is -2.28. The third kappa shape index (κ3) is 2.40. The maximum Gasteiger partial charge on any atom is 0.257 e. The molecule has 8 heteroatoms. The molecule has 1 aromatic rings. The molecule has 1 heterocycles. The van der Waals surface area contributed by atoms with Crippen molar-refractivity contribution in [2.45, 2.75) is 12.5 Å². The Morgan fingerprint density at radius 1 is 1.00 bits per heavy atom. The first-order valence-electron chi connectivity index (χ1n) is 5.46. The van der Waals surface area contributed by atoms with E-state index in [4.69, 9.17) is 0 Å². The van der Waals surface area contributed by atoms with Crippen molar-refractivity contribution in [2.75, 3.05) is 13.1 Å². The molecule has 1 amide bonds. The summed E-state index contributed by atoms with van der Waals surface area (Å²) < 4.78 is 65.3. The Bertz CT molecular complexity index is 499. The normalized spacial score (nSPS) is 18.7. The van der Waals surface area contributed by atoms with E-state index in [0.717, 1.165) is 0 Å². The van der Waals surface area contributed by atoms with Gasteiger partial charge in [0.1, 0.15) is 5.56 Å². The number of carbonyl (C=O) groups excluding carboxylic acids is 1. The van der Waals surface area contributed by atoms with Gasteiger partial charge in [0, 0.05) is 12.6 Å². The van der Waals surface area contributed by atoms with Crippen LogP contribution >= 0.6 is 0 Å². The molecular weight excluding hydrogens is 271 g/mol. The molecule has 1 aromatic carbocycles. The maximum absolute atomic E-state index is 13.3. The van der Waals surface area contributed by atoms with Gasteiger partial charge in [-0.25, -0.2) is 22.0 Å². The highest BCUT2D eigenvalue weighted by molar-refractivity contribution is 5.95. The van der Waals surface area contributed by atoms with E-state index < -0.39 is 46.6 Å². The van der Waals surface area contributed by atoms with E-state index in [-0.39, 0.29) is 0 Å². The molecule has 2 N–H and O–H groups in total. The van der Waals surface area contributed by atoms with Gasteiger partial charge >= 0.3 is 0 Å². The fourth-order valence-corrected chi connectivity index (χ4v) is 1.84. The minimum Gasteiger partial charge on any atom is -0.348 e. The zero-order valence-corrected chi connectivity index (χ0v) is 9.50. The van der Waals surface area contributed by atoms with Crippen molar-refractivity contribution in [2.24, 2.45) is 0 Å². The first kappa shape index (κ1) is 13.7. The fraction of sp³-hybridized carbons (Fsp3) is 0.364. The van der Waals surface area contributed by atoms with Crippen LogP contribution in [0.1, 0.15) is 16.8 Å². The van der Waals surface area contributed by atoms with Crippen LogP contribution in [0.15, 0.2) is 0 Å². The first-order chi connectivity index (χ1) is 8.93. The molecule has 0 bridgehead atoms. The molecule has 0 saturated carbocycles.